The molecule has 0 saturated heterocycles. The van der Waals surface area contributed by atoms with Crippen LogP contribution in [0.2, 0.25) is 0 Å². The molecule has 24 heavy (non-hydrogen) atoms. The van der Waals surface area contributed by atoms with Gasteiger partial charge in [-0.15, -0.1) is 0 Å². The van der Waals surface area contributed by atoms with Gasteiger partial charge in [0.25, 0.3) is 0 Å². The molecule has 5 nitrogen and oxygen atoms in total. The maximum absolute atomic E-state index is 11.6. The van der Waals surface area contributed by atoms with E-state index in [4.69, 9.17) is 9.15 Å². The fraction of sp³-hybridized carbons (Fsp3) is 0.667. The van der Waals surface area contributed by atoms with Crippen molar-refractivity contribution < 1.29 is 53.4 Å². The molecule has 6 heteroatoms. The van der Waals surface area contributed by atoms with E-state index in [1.807, 2.05) is 0 Å². The number of aromatic carboxylic acids is 1. The number of esters is 1. The summed E-state index contributed by atoms with van der Waals surface area (Å²) >= 11 is 0. The molecule has 1 rings (SSSR count). The first-order valence-corrected chi connectivity index (χ1v) is 8.59. The van der Waals surface area contributed by atoms with Crippen LogP contribution in [0, 0.1) is 0 Å². The average molecular weight is 346 g/mol. The van der Waals surface area contributed by atoms with Gasteiger partial charge in [-0.25, -0.2) is 0 Å². The Bertz CT molecular complexity index is 470. The van der Waals surface area contributed by atoms with Gasteiger partial charge < -0.3 is 19.1 Å². The Morgan fingerprint density at radius 2 is 1.58 bits per heavy atom. The monoisotopic (exact) mass is 346 g/mol. The topological polar surface area (TPSA) is 79.6 Å². The van der Waals surface area contributed by atoms with Crippen molar-refractivity contribution in [3.8, 4) is 0 Å². The van der Waals surface area contributed by atoms with Crippen LogP contribution < -0.4 is 34.7 Å². The van der Waals surface area contributed by atoms with Gasteiger partial charge in [-0.1, -0.05) is 58.3 Å². The van der Waals surface area contributed by atoms with E-state index in [2.05, 4.69) is 6.92 Å². The molecule has 0 radical (unpaired) electrons. The minimum atomic E-state index is -1.38. The summed E-state index contributed by atoms with van der Waals surface area (Å²) in [5.74, 6) is -1.60. The first-order valence-electron chi connectivity index (χ1n) is 8.59. The van der Waals surface area contributed by atoms with Crippen molar-refractivity contribution in [1.29, 1.82) is 0 Å². The Labute approximate surface area is 166 Å². The smallest absolute Gasteiger partial charge is 0.542 e. The summed E-state index contributed by atoms with van der Waals surface area (Å²) in [5, 5.41) is 10.5. The van der Waals surface area contributed by atoms with Crippen molar-refractivity contribution in [2.24, 2.45) is 0 Å². The van der Waals surface area contributed by atoms with Gasteiger partial charge in [0.1, 0.15) is 24.1 Å². The van der Waals surface area contributed by atoms with Crippen LogP contribution in [0.5, 0.6) is 0 Å². The predicted molar refractivity (Wildman–Crippen MR) is 84.7 cm³/mol. The van der Waals surface area contributed by atoms with Gasteiger partial charge in [-0.05, 0) is 18.6 Å². The Morgan fingerprint density at radius 1 is 1.00 bits per heavy atom. The van der Waals surface area contributed by atoms with E-state index in [-0.39, 0.29) is 47.9 Å². The average Bonchev–Trinajstić information content (AvgIpc) is 3.00. The van der Waals surface area contributed by atoms with Gasteiger partial charge in [-0.2, -0.15) is 0 Å². The molecule has 0 N–H and O–H groups in total. The molecule has 0 aliphatic carbocycles. The summed E-state index contributed by atoms with van der Waals surface area (Å²) in [6.07, 6.45) is 11.2. The van der Waals surface area contributed by atoms with E-state index < -0.39 is 5.97 Å². The van der Waals surface area contributed by atoms with Gasteiger partial charge in [0.15, 0.2) is 0 Å². The number of carboxylic acids is 1. The number of carbonyl (C=O) groups is 2. The fourth-order valence-corrected chi connectivity index (χ4v) is 2.37. The number of furan rings is 1. The van der Waals surface area contributed by atoms with E-state index in [9.17, 15) is 14.7 Å². The third-order valence-electron chi connectivity index (χ3n) is 3.72. The zero-order valence-corrected chi connectivity index (χ0v) is 17.0. The first-order chi connectivity index (χ1) is 11.1. The van der Waals surface area contributed by atoms with Crippen molar-refractivity contribution in [2.45, 2.75) is 77.7 Å². The number of ether oxygens (including phenoxy) is 1. The van der Waals surface area contributed by atoms with Crippen molar-refractivity contribution in [3.05, 3.63) is 23.7 Å². The largest absolute Gasteiger partial charge is 1.00 e. The third kappa shape index (κ3) is 10.9. The molecule has 0 atom stereocenters. The fourth-order valence-electron chi connectivity index (χ4n) is 2.37. The first kappa shape index (κ1) is 23.2. The molecule has 0 aliphatic heterocycles. The maximum Gasteiger partial charge on any atom is 1.00 e. The molecule has 1 heterocycles. The van der Waals surface area contributed by atoms with Crippen molar-refractivity contribution >= 4 is 11.9 Å². The van der Waals surface area contributed by atoms with Crippen LogP contribution in [0.15, 0.2) is 16.5 Å². The van der Waals surface area contributed by atoms with E-state index in [0.29, 0.717) is 12.2 Å². The van der Waals surface area contributed by atoms with Crippen LogP contribution in [0.3, 0.4) is 0 Å². The minimum Gasteiger partial charge on any atom is -0.542 e. The van der Waals surface area contributed by atoms with Crippen LogP contribution in [-0.4, -0.2) is 11.9 Å². The summed E-state index contributed by atoms with van der Waals surface area (Å²) in [6.45, 7) is 2.18. The standard InChI is InChI=1S/C18H28O5.Na/c1-2-3-4-5-6-7-8-9-10-11-17(19)22-14-15-12-13-16(23-15)18(20)21;/h12-13H,2-11,14H2,1H3,(H,20,21);/q;+1/p-1. The van der Waals surface area contributed by atoms with Crippen LogP contribution >= 0.6 is 0 Å². The second kappa shape index (κ2) is 14.6. The van der Waals surface area contributed by atoms with Crippen LogP contribution in [0.1, 0.15) is 87.4 Å². The Morgan fingerprint density at radius 3 is 2.12 bits per heavy atom. The Kier molecular flexibility index (Phi) is 14.1. The number of unbranched alkanes of at least 4 members (excludes halogenated alkanes) is 8. The van der Waals surface area contributed by atoms with Crippen LogP contribution in [0.25, 0.3) is 0 Å². The quantitative estimate of drug-likeness (QED) is 0.297. The summed E-state index contributed by atoms with van der Waals surface area (Å²) in [7, 11) is 0. The summed E-state index contributed by atoms with van der Waals surface area (Å²) in [6, 6.07) is 2.76. The Balaban J connectivity index is 0.00000529. The van der Waals surface area contributed by atoms with E-state index >= 15 is 0 Å². The van der Waals surface area contributed by atoms with Crippen LogP contribution in [0.4, 0.5) is 0 Å². The van der Waals surface area contributed by atoms with E-state index in [1.54, 1.807) is 0 Å². The summed E-state index contributed by atoms with van der Waals surface area (Å²) in [4.78, 5) is 22.1. The predicted octanol–water partition coefficient (Wildman–Crippen LogP) is 0.611. The van der Waals surface area contributed by atoms with E-state index in [0.717, 1.165) is 19.3 Å². The third-order valence-corrected chi connectivity index (χ3v) is 3.72. The minimum absolute atomic E-state index is 0. The summed E-state index contributed by atoms with van der Waals surface area (Å²) < 4.78 is 10.0. The number of hydrogen-bond donors (Lipinski definition) is 0. The van der Waals surface area contributed by atoms with Gasteiger partial charge in [0.05, 0.1) is 0 Å². The van der Waals surface area contributed by atoms with Crippen molar-refractivity contribution in [1.82, 2.24) is 0 Å². The molecule has 130 valence electrons. The molecule has 0 fully saturated rings. The summed E-state index contributed by atoms with van der Waals surface area (Å²) in [5.41, 5.74) is 0. The molecule has 0 amide bonds. The second-order valence-electron chi connectivity index (χ2n) is 5.79. The number of carboxylic acid groups (broad SMARTS) is 1. The van der Waals surface area contributed by atoms with Crippen molar-refractivity contribution in [3.63, 3.8) is 0 Å². The van der Waals surface area contributed by atoms with E-state index in [1.165, 1.54) is 50.7 Å². The Hall–Kier alpha value is -0.780. The number of hydrogen-bond acceptors (Lipinski definition) is 5. The molecular formula is C18H27NaO5. The normalized spacial score (nSPS) is 10.2. The van der Waals surface area contributed by atoms with Gasteiger partial charge in [0, 0.05) is 6.42 Å². The molecule has 0 aliphatic rings. The molecule has 0 saturated carbocycles. The molecular weight excluding hydrogens is 319 g/mol. The SMILES string of the molecule is CCCCCCCCCCCC(=O)OCc1ccc(C(=O)[O-])o1.[Na+]. The maximum atomic E-state index is 11.6. The van der Waals surface area contributed by atoms with Gasteiger partial charge in [0.2, 0.25) is 0 Å². The number of carbonyl (C=O) groups excluding carboxylic acids is 2. The molecule has 0 spiro atoms. The zero-order chi connectivity index (χ0) is 16.9. The molecule has 0 aromatic carbocycles. The molecule has 1 aromatic heterocycles. The zero-order valence-electron chi connectivity index (χ0n) is 15.0. The molecule has 0 unspecified atom stereocenters. The van der Waals surface area contributed by atoms with Gasteiger partial charge >= 0.3 is 35.5 Å². The van der Waals surface area contributed by atoms with Crippen LogP contribution in [-0.2, 0) is 16.1 Å². The molecule has 1 aromatic rings. The molecule has 0 bridgehead atoms. The second-order valence-corrected chi connectivity index (χ2v) is 5.79. The van der Waals surface area contributed by atoms with Crippen molar-refractivity contribution in [2.75, 3.05) is 0 Å². The number of rotatable bonds is 13. The van der Waals surface area contributed by atoms with Gasteiger partial charge in [-0.3, -0.25) is 4.79 Å².